The summed E-state index contributed by atoms with van der Waals surface area (Å²) in [5.41, 5.74) is 8.79. The van der Waals surface area contributed by atoms with Gasteiger partial charge in [0.25, 0.3) is 0 Å². The molecule has 0 aliphatic heterocycles. The second-order valence-corrected chi connectivity index (χ2v) is 4.85. The molecule has 1 aliphatic rings. The Kier molecular flexibility index (Phi) is 2.09. The number of rotatable bonds is 2. The van der Waals surface area contributed by atoms with Gasteiger partial charge in [-0.2, -0.15) is 5.10 Å². The molecule has 3 aromatic rings. The molecule has 0 radical (unpaired) electrons. The Morgan fingerprint density at radius 2 is 1.89 bits per heavy atom. The maximum absolute atomic E-state index is 6.02. The van der Waals surface area contributed by atoms with Crippen molar-refractivity contribution in [3.05, 3.63) is 36.7 Å². The molecule has 0 unspecified atom stereocenters. The van der Waals surface area contributed by atoms with E-state index < -0.39 is 0 Å². The fraction of sp³-hybridized carbons (Fsp3) is 0.214. The summed E-state index contributed by atoms with van der Waals surface area (Å²) in [4.78, 5) is 8.46. The van der Waals surface area contributed by atoms with Crippen LogP contribution in [0.4, 0.5) is 5.82 Å². The molecule has 1 fully saturated rings. The third-order valence-corrected chi connectivity index (χ3v) is 3.46. The highest BCUT2D eigenvalue weighted by molar-refractivity contribution is 5.98. The normalized spacial score (nSPS) is 14.9. The standard InChI is InChI=1S/C14H13N5/c15-13-11-12(9-4-2-1-3-5-9)18-19(10-6-7-10)14(11)17-8-16-13/h1-5,8,10H,6-7H2,(H2,15,16,17). The Bertz CT molecular complexity index is 743. The van der Waals surface area contributed by atoms with Crippen molar-refractivity contribution in [2.75, 3.05) is 5.73 Å². The quantitative estimate of drug-likeness (QED) is 0.759. The Labute approximate surface area is 110 Å². The van der Waals surface area contributed by atoms with Crippen LogP contribution in [0.25, 0.3) is 22.3 Å². The third kappa shape index (κ3) is 1.58. The minimum Gasteiger partial charge on any atom is -0.383 e. The van der Waals surface area contributed by atoms with Crippen LogP contribution in [-0.2, 0) is 0 Å². The summed E-state index contributed by atoms with van der Waals surface area (Å²) in [5.74, 6) is 0.496. The molecule has 0 spiro atoms. The van der Waals surface area contributed by atoms with Gasteiger partial charge in [0.1, 0.15) is 17.8 Å². The van der Waals surface area contributed by atoms with Gasteiger partial charge in [0.05, 0.1) is 11.4 Å². The first-order chi connectivity index (χ1) is 9.34. The zero-order valence-corrected chi connectivity index (χ0v) is 10.3. The molecule has 0 atom stereocenters. The van der Waals surface area contributed by atoms with E-state index in [1.54, 1.807) is 0 Å². The third-order valence-electron chi connectivity index (χ3n) is 3.46. The van der Waals surface area contributed by atoms with Gasteiger partial charge in [-0.05, 0) is 12.8 Å². The topological polar surface area (TPSA) is 69.6 Å². The maximum Gasteiger partial charge on any atom is 0.164 e. The van der Waals surface area contributed by atoms with E-state index in [2.05, 4.69) is 9.97 Å². The molecule has 0 amide bonds. The van der Waals surface area contributed by atoms with Crippen LogP contribution in [0.5, 0.6) is 0 Å². The lowest BCUT2D eigenvalue weighted by Gasteiger charge is -1.98. The van der Waals surface area contributed by atoms with E-state index in [9.17, 15) is 0 Å². The highest BCUT2D eigenvalue weighted by atomic mass is 15.3. The van der Waals surface area contributed by atoms with E-state index in [0.29, 0.717) is 11.9 Å². The van der Waals surface area contributed by atoms with E-state index in [-0.39, 0.29) is 0 Å². The number of hydrogen-bond donors (Lipinski definition) is 1. The lowest BCUT2D eigenvalue weighted by Crippen LogP contribution is -1.98. The molecule has 0 saturated heterocycles. The van der Waals surface area contributed by atoms with E-state index >= 15 is 0 Å². The Morgan fingerprint density at radius 1 is 1.11 bits per heavy atom. The minimum atomic E-state index is 0.467. The molecular weight excluding hydrogens is 238 g/mol. The van der Waals surface area contributed by atoms with Gasteiger partial charge in [-0.25, -0.2) is 14.6 Å². The van der Waals surface area contributed by atoms with Crippen LogP contribution < -0.4 is 5.73 Å². The number of fused-ring (bicyclic) bond motifs is 1. The molecule has 1 aromatic carbocycles. The second-order valence-electron chi connectivity index (χ2n) is 4.85. The number of aromatic nitrogens is 4. The fourth-order valence-electron chi connectivity index (χ4n) is 2.37. The average molecular weight is 251 g/mol. The van der Waals surface area contributed by atoms with Crippen molar-refractivity contribution in [2.24, 2.45) is 0 Å². The van der Waals surface area contributed by atoms with Crippen LogP contribution in [0.2, 0.25) is 0 Å². The molecule has 5 nitrogen and oxygen atoms in total. The monoisotopic (exact) mass is 251 g/mol. The summed E-state index contributed by atoms with van der Waals surface area (Å²) in [6.45, 7) is 0. The summed E-state index contributed by atoms with van der Waals surface area (Å²) >= 11 is 0. The minimum absolute atomic E-state index is 0.467. The Morgan fingerprint density at radius 3 is 2.63 bits per heavy atom. The molecule has 2 aromatic heterocycles. The van der Waals surface area contributed by atoms with Crippen LogP contribution in [0.3, 0.4) is 0 Å². The van der Waals surface area contributed by atoms with Gasteiger partial charge < -0.3 is 5.73 Å². The zero-order valence-electron chi connectivity index (χ0n) is 10.3. The second kappa shape index (κ2) is 3.78. The summed E-state index contributed by atoms with van der Waals surface area (Å²) in [6.07, 6.45) is 3.83. The fourth-order valence-corrected chi connectivity index (χ4v) is 2.37. The maximum atomic E-state index is 6.02. The number of nitrogen functional groups attached to an aromatic ring is 1. The van der Waals surface area contributed by atoms with Crippen molar-refractivity contribution in [3.8, 4) is 11.3 Å². The van der Waals surface area contributed by atoms with E-state index in [1.807, 2.05) is 35.0 Å². The van der Waals surface area contributed by atoms with Crippen molar-refractivity contribution >= 4 is 16.9 Å². The van der Waals surface area contributed by atoms with Crippen LogP contribution in [0, 0.1) is 0 Å². The zero-order chi connectivity index (χ0) is 12.8. The molecule has 5 heteroatoms. The van der Waals surface area contributed by atoms with Gasteiger partial charge in [0, 0.05) is 5.56 Å². The molecule has 2 heterocycles. The number of nitrogens with two attached hydrogens (primary N) is 1. The number of benzene rings is 1. The summed E-state index contributed by atoms with van der Waals surface area (Å²) in [6, 6.07) is 10.5. The first-order valence-corrected chi connectivity index (χ1v) is 6.38. The van der Waals surface area contributed by atoms with Crippen LogP contribution in [0.1, 0.15) is 18.9 Å². The summed E-state index contributed by atoms with van der Waals surface area (Å²) in [5, 5.41) is 5.58. The van der Waals surface area contributed by atoms with E-state index in [4.69, 9.17) is 10.8 Å². The smallest absolute Gasteiger partial charge is 0.164 e. The number of nitrogens with zero attached hydrogens (tertiary/aromatic N) is 4. The molecular formula is C14H13N5. The molecule has 1 aliphatic carbocycles. The van der Waals surface area contributed by atoms with Crippen molar-refractivity contribution in [3.63, 3.8) is 0 Å². The van der Waals surface area contributed by atoms with Crippen LogP contribution >= 0.6 is 0 Å². The first-order valence-electron chi connectivity index (χ1n) is 6.38. The summed E-state index contributed by atoms with van der Waals surface area (Å²) in [7, 11) is 0. The Balaban J connectivity index is 2.05. The van der Waals surface area contributed by atoms with Crippen LogP contribution in [-0.4, -0.2) is 19.7 Å². The lowest BCUT2D eigenvalue weighted by molar-refractivity contribution is 0.660. The largest absolute Gasteiger partial charge is 0.383 e. The van der Waals surface area contributed by atoms with Gasteiger partial charge in [-0.1, -0.05) is 30.3 Å². The first kappa shape index (κ1) is 10.5. The average Bonchev–Trinajstić information content (AvgIpc) is 3.21. The Hall–Kier alpha value is -2.43. The van der Waals surface area contributed by atoms with Crippen molar-refractivity contribution in [1.29, 1.82) is 0 Å². The van der Waals surface area contributed by atoms with Crippen molar-refractivity contribution in [1.82, 2.24) is 19.7 Å². The van der Waals surface area contributed by atoms with E-state index in [1.165, 1.54) is 6.33 Å². The highest BCUT2D eigenvalue weighted by Gasteiger charge is 2.29. The van der Waals surface area contributed by atoms with Crippen molar-refractivity contribution in [2.45, 2.75) is 18.9 Å². The SMILES string of the molecule is Nc1ncnc2c1c(-c1ccccc1)nn2C1CC1. The number of hydrogen-bond acceptors (Lipinski definition) is 4. The van der Waals surface area contributed by atoms with E-state index in [0.717, 1.165) is 35.1 Å². The predicted molar refractivity (Wildman–Crippen MR) is 73.4 cm³/mol. The summed E-state index contributed by atoms with van der Waals surface area (Å²) < 4.78 is 2.00. The number of anilines is 1. The molecule has 1 saturated carbocycles. The van der Waals surface area contributed by atoms with Gasteiger partial charge in [-0.3, -0.25) is 0 Å². The molecule has 94 valence electrons. The van der Waals surface area contributed by atoms with Crippen LogP contribution in [0.15, 0.2) is 36.7 Å². The molecule has 4 rings (SSSR count). The van der Waals surface area contributed by atoms with Gasteiger partial charge in [0.15, 0.2) is 5.65 Å². The van der Waals surface area contributed by atoms with Gasteiger partial charge >= 0.3 is 0 Å². The van der Waals surface area contributed by atoms with Gasteiger partial charge in [-0.15, -0.1) is 0 Å². The molecule has 0 bridgehead atoms. The predicted octanol–water partition coefficient (Wildman–Crippen LogP) is 2.41. The lowest BCUT2D eigenvalue weighted by atomic mass is 10.1. The highest BCUT2D eigenvalue weighted by Crippen LogP contribution is 2.39. The van der Waals surface area contributed by atoms with Gasteiger partial charge in [0.2, 0.25) is 0 Å². The molecule has 19 heavy (non-hydrogen) atoms. The van der Waals surface area contributed by atoms with Crippen molar-refractivity contribution < 1.29 is 0 Å². The molecule has 2 N–H and O–H groups in total.